The summed E-state index contributed by atoms with van der Waals surface area (Å²) >= 11 is 0. The third-order valence-corrected chi connectivity index (χ3v) is 3.64. The molecular weight excluding hydrogens is 212 g/mol. The molecule has 1 rings (SSSR count). The fourth-order valence-corrected chi connectivity index (χ4v) is 2.51. The normalized spacial score (nSPS) is 30.2. The highest BCUT2D eigenvalue weighted by atomic mass is 16.5. The first-order chi connectivity index (χ1) is 7.99. The van der Waals surface area contributed by atoms with E-state index >= 15 is 0 Å². The van der Waals surface area contributed by atoms with Gasteiger partial charge >= 0.3 is 0 Å². The molecule has 1 aliphatic rings. The van der Waals surface area contributed by atoms with Gasteiger partial charge in [-0.15, -0.1) is 0 Å². The monoisotopic (exact) mass is 242 g/mol. The molecule has 0 aromatic rings. The third-order valence-electron chi connectivity index (χ3n) is 3.64. The van der Waals surface area contributed by atoms with Crippen molar-refractivity contribution in [3.05, 3.63) is 0 Å². The molecule has 0 spiro atoms. The van der Waals surface area contributed by atoms with Crippen molar-refractivity contribution in [3.8, 4) is 0 Å². The quantitative estimate of drug-likeness (QED) is 0.776. The summed E-state index contributed by atoms with van der Waals surface area (Å²) in [5.41, 5.74) is 5.78. The van der Waals surface area contributed by atoms with Crippen LogP contribution in [-0.2, 0) is 4.74 Å². The first kappa shape index (κ1) is 14.9. The molecule has 2 N–H and O–H groups in total. The van der Waals surface area contributed by atoms with E-state index in [0.717, 1.165) is 25.5 Å². The van der Waals surface area contributed by atoms with Gasteiger partial charge in [0.05, 0.1) is 12.7 Å². The summed E-state index contributed by atoms with van der Waals surface area (Å²) in [4.78, 5) is 2.57. The topological polar surface area (TPSA) is 38.5 Å². The highest BCUT2D eigenvalue weighted by Gasteiger charge is 2.24. The van der Waals surface area contributed by atoms with Gasteiger partial charge in [-0.1, -0.05) is 13.3 Å². The Bertz CT molecular complexity index is 208. The third kappa shape index (κ3) is 5.84. The van der Waals surface area contributed by atoms with Gasteiger partial charge in [0.2, 0.25) is 0 Å². The van der Waals surface area contributed by atoms with Gasteiger partial charge in [0, 0.05) is 25.2 Å². The van der Waals surface area contributed by atoms with E-state index in [1.165, 1.54) is 19.4 Å². The first-order valence-corrected chi connectivity index (χ1v) is 7.10. The Kier molecular flexibility index (Phi) is 6.45. The van der Waals surface area contributed by atoms with Crippen LogP contribution in [0.1, 0.15) is 47.0 Å². The van der Waals surface area contributed by atoms with Crippen molar-refractivity contribution in [2.75, 3.05) is 19.7 Å². The highest BCUT2D eigenvalue weighted by Crippen LogP contribution is 2.16. The van der Waals surface area contributed by atoms with Crippen molar-refractivity contribution in [1.29, 1.82) is 0 Å². The van der Waals surface area contributed by atoms with Gasteiger partial charge in [0.15, 0.2) is 0 Å². The molecule has 0 radical (unpaired) electrons. The molecule has 1 aliphatic heterocycles. The SMILES string of the molecule is CC(N)CCCC(C)CN1CC(C)OCC1C. The van der Waals surface area contributed by atoms with Crippen LogP contribution in [0.2, 0.25) is 0 Å². The van der Waals surface area contributed by atoms with Crippen molar-refractivity contribution < 1.29 is 4.74 Å². The molecule has 0 saturated carbocycles. The van der Waals surface area contributed by atoms with Crippen LogP contribution in [0.3, 0.4) is 0 Å². The predicted octanol–water partition coefficient (Wildman–Crippen LogP) is 2.25. The second-order valence-corrected chi connectivity index (χ2v) is 5.96. The first-order valence-electron chi connectivity index (χ1n) is 7.10. The van der Waals surface area contributed by atoms with Crippen molar-refractivity contribution in [1.82, 2.24) is 4.90 Å². The number of morpholine rings is 1. The molecule has 0 amide bonds. The molecule has 4 unspecified atom stereocenters. The molecule has 1 fully saturated rings. The van der Waals surface area contributed by atoms with E-state index in [2.05, 4.69) is 32.6 Å². The number of hydrogen-bond donors (Lipinski definition) is 1. The summed E-state index contributed by atoms with van der Waals surface area (Å²) in [7, 11) is 0. The zero-order valence-corrected chi connectivity index (χ0v) is 12.0. The van der Waals surface area contributed by atoms with E-state index in [4.69, 9.17) is 10.5 Å². The summed E-state index contributed by atoms with van der Waals surface area (Å²) in [6.07, 6.45) is 4.09. The van der Waals surface area contributed by atoms with Gasteiger partial charge in [-0.2, -0.15) is 0 Å². The molecular formula is C14H30N2O. The molecule has 0 aromatic heterocycles. The lowest BCUT2D eigenvalue weighted by atomic mass is 10.0. The zero-order valence-electron chi connectivity index (χ0n) is 12.0. The second kappa shape index (κ2) is 7.34. The molecule has 0 aliphatic carbocycles. The van der Waals surface area contributed by atoms with E-state index in [1.54, 1.807) is 0 Å². The average molecular weight is 242 g/mol. The lowest BCUT2D eigenvalue weighted by molar-refractivity contribution is -0.0538. The number of hydrogen-bond acceptors (Lipinski definition) is 3. The molecule has 4 atom stereocenters. The highest BCUT2D eigenvalue weighted by molar-refractivity contribution is 4.76. The maximum atomic E-state index is 5.78. The Hall–Kier alpha value is -0.120. The van der Waals surface area contributed by atoms with Crippen LogP contribution in [-0.4, -0.2) is 42.8 Å². The van der Waals surface area contributed by atoms with Crippen LogP contribution >= 0.6 is 0 Å². The van der Waals surface area contributed by atoms with Crippen LogP contribution in [0.5, 0.6) is 0 Å². The van der Waals surface area contributed by atoms with Crippen LogP contribution in [0.4, 0.5) is 0 Å². The zero-order chi connectivity index (χ0) is 12.8. The van der Waals surface area contributed by atoms with Crippen molar-refractivity contribution in [2.24, 2.45) is 11.7 Å². The number of rotatable bonds is 6. The predicted molar refractivity (Wildman–Crippen MR) is 73.1 cm³/mol. The summed E-state index contributed by atoms with van der Waals surface area (Å²) in [5.74, 6) is 0.765. The smallest absolute Gasteiger partial charge is 0.0674 e. The Labute approximate surface area is 107 Å². The number of nitrogens with two attached hydrogens (primary N) is 1. The summed E-state index contributed by atoms with van der Waals surface area (Å²) in [5, 5.41) is 0. The summed E-state index contributed by atoms with van der Waals surface area (Å²) in [6, 6.07) is 0.923. The Morgan fingerprint density at radius 3 is 2.65 bits per heavy atom. The van der Waals surface area contributed by atoms with Gasteiger partial charge < -0.3 is 10.5 Å². The largest absolute Gasteiger partial charge is 0.376 e. The van der Waals surface area contributed by atoms with Gasteiger partial charge in [0.25, 0.3) is 0 Å². The number of ether oxygens (including phenoxy) is 1. The molecule has 0 bridgehead atoms. The van der Waals surface area contributed by atoms with Crippen LogP contribution in [0.15, 0.2) is 0 Å². The van der Waals surface area contributed by atoms with Gasteiger partial charge in [-0.3, -0.25) is 4.90 Å². The molecule has 3 nitrogen and oxygen atoms in total. The van der Waals surface area contributed by atoms with Gasteiger partial charge in [-0.25, -0.2) is 0 Å². The molecule has 17 heavy (non-hydrogen) atoms. The van der Waals surface area contributed by atoms with E-state index in [9.17, 15) is 0 Å². The van der Waals surface area contributed by atoms with Gasteiger partial charge in [-0.05, 0) is 39.5 Å². The van der Waals surface area contributed by atoms with E-state index in [1.807, 2.05) is 0 Å². The van der Waals surface area contributed by atoms with Crippen LogP contribution in [0, 0.1) is 5.92 Å². The minimum absolute atomic E-state index is 0.351. The van der Waals surface area contributed by atoms with Crippen molar-refractivity contribution in [2.45, 2.75) is 65.1 Å². The molecule has 102 valence electrons. The van der Waals surface area contributed by atoms with Crippen molar-refractivity contribution in [3.63, 3.8) is 0 Å². The maximum Gasteiger partial charge on any atom is 0.0674 e. The summed E-state index contributed by atoms with van der Waals surface area (Å²) in [6.45, 7) is 12.0. The van der Waals surface area contributed by atoms with E-state index in [-0.39, 0.29) is 0 Å². The number of nitrogens with zero attached hydrogens (tertiary/aromatic N) is 1. The van der Waals surface area contributed by atoms with Crippen molar-refractivity contribution >= 4 is 0 Å². The van der Waals surface area contributed by atoms with Gasteiger partial charge in [0.1, 0.15) is 0 Å². The van der Waals surface area contributed by atoms with E-state index < -0.39 is 0 Å². The Morgan fingerprint density at radius 2 is 2.00 bits per heavy atom. The fourth-order valence-electron chi connectivity index (χ4n) is 2.51. The molecule has 3 heteroatoms. The van der Waals surface area contributed by atoms with Crippen LogP contribution in [0.25, 0.3) is 0 Å². The lowest BCUT2D eigenvalue weighted by Gasteiger charge is -2.38. The minimum atomic E-state index is 0.351. The minimum Gasteiger partial charge on any atom is -0.376 e. The van der Waals surface area contributed by atoms with E-state index in [0.29, 0.717) is 18.2 Å². The average Bonchev–Trinajstić information content (AvgIpc) is 2.23. The maximum absolute atomic E-state index is 5.78. The summed E-state index contributed by atoms with van der Waals surface area (Å²) < 4.78 is 5.66. The second-order valence-electron chi connectivity index (χ2n) is 5.96. The Balaban J connectivity index is 2.22. The lowest BCUT2D eigenvalue weighted by Crippen LogP contribution is -2.48. The standard InChI is InChI=1S/C14H30N2O/c1-11(6-5-7-12(2)15)8-16-9-14(4)17-10-13(16)3/h11-14H,5-10,15H2,1-4H3. The fraction of sp³-hybridized carbons (Fsp3) is 1.00. The van der Waals surface area contributed by atoms with Crippen LogP contribution < -0.4 is 5.73 Å². The molecule has 1 saturated heterocycles. The molecule has 0 aromatic carbocycles. The Morgan fingerprint density at radius 1 is 1.29 bits per heavy atom. The molecule has 1 heterocycles.